The van der Waals surface area contributed by atoms with Crippen molar-refractivity contribution in [3.8, 4) is 5.69 Å². The summed E-state index contributed by atoms with van der Waals surface area (Å²) in [4.78, 5) is 31.4. The molecule has 1 aromatic carbocycles. The van der Waals surface area contributed by atoms with Crippen LogP contribution in [0.15, 0.2) is 35.3 Å². The summed E-state index contributed by atoms with van der Waals surface area (Å²) in [5.41, 5.74) is 0.796. The van der Waals surface area contributed by atoms with E-state index in [0.717, 1.165) is 12.8 Å². The topological polar surface area (TPSA) is 73.0 Å². The molecule has 0 bridgehead atoms. The molecule has 0 atom stereocenters. The largest absolute Gasteiger partial charge is 0.346 e. The van der Waals surface area contributed by atoms with Crippen LogP contribution in [0.3, 0.4) is 0 Å². The maximum absolute atomic E-state index is 13.2. The minimum atomic E-state index is -0.347. The van der Waals surface area contributed by atoms with Gasteiger partial charge in [0.25, 0.3) is 5.56 Å². The van der Waals surface area contributed by atoms with Crippen molar-refractivity contribution in [3.63, 3.8) is 0 Å². The lowest BCUT2D eigenvalue weighted by atomic mass is 10.3. The normalized spacial score (nSPS) is 11.1. The van der Waals surface area contributed by atoms with E-state index in [4.69, 9.17) is 0 Å². The average molecular weight is 385 g/mol. The van der Waals surface area contributed by atoms with Crippen LogP contribution in [0.1, 0.15) is 32.0 Å². The first-order chi connectivity index (χ1) is 13.4. The van der Waals surface area contributed by atoms with Crippen molar-refractivity contribution in [2.75, 3.05) is 13.6 Å². The van der Waals surface area contributed by atoms with Crippen molar-refractivity contribution < 1.29 is 9.18 Å². The van der Waals surface area contributed by atoms with Crippen molar-refractivity contribution in [2.45, 2.75) is 39.7 Å². The van der Waals surface area contributed by atoms with Crippen molar-refractivity contribution >= 4 is 16.9 Å². The van der Waals surface area contributed by atoms with Gasteiger partial charge in [0.05, 0.1) is 11.9 Å². The second-order valence-corrected chi connectivity index (χ2v) is 6.80. The molecule has 0 N–H and O–H groups in total. The van der Waals surface area contributed by atoms with Gasteiger partial charge >= 0.3 is 0 Å². The number of carbonyl (C=O) groups is 1. The van der Waals surface area contributed by atoms with Crippen molar-refractivity contribution in [1.82, 2.24) is 24.2 Å². The van der Waals surface area contributed by atoms with Gasteiger partial charge in [-0.25, -0.2) is 14.1 Å². The zero-order chi connectivity index (χ0) is 20.3. The second-order valence-electron chi connectivity index (χ2n) is 6.80. The molecular formula is C20H24FN5O2. The molecule has 0 unspecified atom stereocenters. The zero-order valence-electron chi connectivity index (χ0n) is 16.4. The Morgan fingerprint density at radius 2 is 1.96 bits per heavy atom. The minimum Gasteiger partial charge on any atom is -0.346 e. The summed E-state index contributed by atoms with van der Waals surface area (Å²) >= 11 is 0. The number of carbonyl (C=O) groups excluding carboxylic acids is 1. The molecule has 2 heterocycles. The van der Waals surface area contributed by atoms with Crippen LogP contribution in [0.25, 0.3) is 16.7 Å². The number of aryl methyl sites for hydroxylation is 1. The van der Waals surface area contributed by atoms with Gasteiger partial charge in [-0.05, 0) is 37.6 Å². The van der Waals surface area contributed by atoms with Crippen molar-refractivity contribution in [2.24, 2.45) is 0 Å². The SMILES string of the molecule is CCCCN(C)C(=O)CCn1c(C)nc2c(cnn2-c2ccc(F)cc2)c1=O. The first kappa shape index (κ1) is 19.7. The van der Waals surface area contributed by atoms with E-state index >= 15 is 0 Å². The van der Waals surface area contributed by atoms with E-state index < -0.39 is 0 Å². The van der Waals surface area contributed by atoms with Crippen LogP contribution in [-0.4, -0.2) is 43.7 Å². The molecule has 0 aliphatic carbocycles. The van der Waals surface area contributed by atoms with Crippen molar-refractivity contribution in [1.29, 1.82) is 0 Å². The number of hydrogen-bond acceptors (Lipinski definition) is 4. The number of unbranched alkanes of at least 4 members (excludes halogenated alkanes) is 1. The van der Waals surface area contributed by atoms with Gasteiger partial charge in [0, 0.05) is 26.6 Å². The van der Waals surface area contributed by atoms with Crippen molar-refractivity contribution in [3.05, 3.63) is 52.5 Å². The van der Waals surface area contributed by atoms with Gasteiger partial charge in [-0.3, -0.25) is 14.2 Å². The highest BCUT2D eigenvalue weighted by Gasteiger charge is 2.16. The summed E-state index contributed by atoms with van der Waals surface area (Å²) in [6.45, 7) is 4.79. The van der Waals surface area contributed by atoms with Crippen LogP contribution >= 0.6 is 0 Å². The minimum absolute atomic E-state index is 0.00172. The molecule has 2 aromatic heterocycles. The van der Waals surface area contributed by atoms with Crippen LogP contribution in [-0.2, 0) is 11.3 Å². The van der Waals surface area contributed by atoms with E-state index in [0.29, 0.717) is 29.1 Å². The molecular weight excluding hydrogens is 361 g/mol. The summed E-state index contributed by atoms with van der Waals surface area (Å²) in [5, 5.41) is 4.60. The number of fused-ring (bicyclic) bond motifs is 1. The summed E-state index contributed by atoms with van der Waals surface area (Å²) in [6, 6.07) is 5.82. The van der Waals surface area contributed by atoms with Crippen LogP contribution < -0.4 is 5.56 Å². The second kappa shape index (κ2) is 8.33. The molecule has 148 valence electrons. The molecule has 3 aromatic rings. The van der Waals surface area contributed by atoms with Gasteiger partial charge in [-0.2, -0.15) is 5.10 Å². The number of halogens is 1. The van der Waals surface area contributed by atoms with Gasteiger partial charge < -0.3 is 4.90 Å². The Hall–Kier alpha value is -3.03. The smallest absolute Gasteiger partial charge is 0.264 e. The quantitative estimate of drug-likeness (QED) is 0.627. The standard InChI is InChI=1S/C20H24FN5O2/c1-4-5-11-24(3)18(27)10-12-25-14(2)23-19-17(20(25)28)13-22-26(19)16-8-6-15(21)7-9-16/h6-9,13H,4-5,10-12H2,1-3H3. The molecule has 28 heavy (non-hydrogen) atoms. The molecule has 3 rings (SSSR count). The molecule has 0 aliphatic rings. The maximum atomic E-state index is 13.2. The monoisotopic (exact) mass is 385 g/mol. The predicted molar refractivity (Wildman–Crippen MR) is 105 cm³/mol. The molecule has 0 radical (unpaired) electrons. The molecule has 0 fully saturated rings. The molecule has 0 aliphatic heterocycles. The van der Waals surface area contributed by atoms with Crippen LogP contribution in [0.5, 0.6) is 0 Å². The number of amides is 1. The number of benzene rings is 1. The Labute approximate surface area is 162 Å². The first-order valence-electron chi connectivity index (χ1n) is 9.37. The van der Waals surface area contributed by atoms with E-state index in [1.165, 1.54) is 27.6 Å². The van der Waals surface area contributed by atoms with Gasteiger partial charge in [0.15, 0.2) is 5.65 Å². The molecule has 1 amide bonds. The fourth-order valence-electron chi connectivity index (χ4n) is 3.06. The highest BCUT2D eigenvalue weighted by molar-refractivity contribution is 5.76. The van der Waals surface area contributed by atoms with E-state index in [1.54, 1.807) is 31.0 Å². The van der Waals surface area contributed by atoms with E-state index in [9.17, 15) is 14.0 Å². The lowest BCUT2D eigenvalue weighted by molar-refractivity contribution is -0.130. The molecule has 7 nitrogen and oxygen atoms in total. The number of nitrogens with zero attached hydrogens (tertiary/aromatic N) is 5. The summed E-state index contributed by atoms with van der Waals surface area (Å²) in [6.07, 6.45) is 3.67. The van der Waals surface area contributed by atoms with Gasteiger partial charge in [0.1, 0.15) is 17.0 Å². The Morgan fingerprint density at radius 1 is 1.25 bits per heavy atom. The van der Waals surface area contributed by atoms with Crippen LogP contribution in [0, 0.1) is 12.7 Å². The first-order valence-corrected chi connectivity index (χ1v) is 9.37. The predicted octanol–water partition coefficient (Wildman–Crippen LogP) is 2.68. The lowest BCUT2D eigenvalue weighted by Crippen LogP contribution is -2.31. The van der Waals surface area contributed by atoms with E-state index in [1.807, 2.05) is 0 Å². The Kier molecular flexibility index (Phi) is 5.87. The number of aromatic nitrogens is 4. The Balaban J connectivity index is 1.87. The fraction of sp³-hybridized carbons (Fsp3) is 0.400. The van der Waals surface area contributed by atoms with E-state index in [-0.39, 0.29) is 30.2 Å². The summed E-state index contributed by atoms with van der Waals surface area (Å²) < 4.78 is 16.2. The maximum Gasteiger partial charge on any atom is 0.264 e. The van der Waals surface area contributed by atoms with E-state index in [2.05, 4.69) is 17.0 Å². The average Bonchev–Trinajstić information content (AvgIpc) is 3.10. The third-order valence-electron chi connectivity index (χ3n) is 4.77. The Morgan fingerprint density at radius 3 is 2.64 bits per heavy atom. The van der Waals surface area contributed by atoms with Gasteiger partial charge in [-0.15, -0.1) is 0 Å². The summed E-state index contributed by atoms with van der Waals surface area (Å²) in [7, 11) is 1.78. The Bertz CT molecular complexity index is 1040. The van der Waals surface area contributed by atoms with Crippen LogP contribution in [0.2, 0.25) is 0 Å². The molecule has 0 spiro atoms. The zero-order valence-corrected chi connectivity index (χ0v) is 16.4. The highest BCUT2D eigenvalue weighted by atomic mass is 19.1. The number of rotatable bonds is 7. The highest BCUT2D eigenvalue weighted by Crippen LogP contribution is 2.15. The molecule has 8 heteroatoms. The lowest BCUT2D eigenvalue weighted by Gasteiger charge is -2.17. The molecule has 0 saturated heterocycles. The van der Waals surface area contributed by atoms with Gasteiger partial charge in [0.2, 0.25) is 5.91 Å². The third kappa shape index (κ3) is 3.95. The molecule has 0 saturated carbocycles. The third-order valence-corrected chi connectivity index (χ3v) is 4.77. The van der Waals surface area contributed by atoms with Crippen LogP contribution in [0.4, 0.5) is 4.39 Å². The van der Waals surface area contributed by atoms with Gasteiger partial charge in [-0.1, -0.05) is 13.3 Å². The number of hydrogen-bond donors (Lipinski definition) is 0. The summed E-state index contributed by atoms with van der Waals surface area (Å²) in [5.74, 6) is 0.160. The fourth-order valence-corrected chi connectivity index (χ4v) is 3.06.